The number of carbonyl (C=O) groups excluding carboxylic acids is 1. The quantitative estimate of drug-likeness (QED) is 0.710. The summed E-state index contributed by atoms with van der Waals surface area (Å²) in [5, 5.41) is 3.78. The first-order valence-electron chi connectivity index (χ1n) is 4.86. The summed E-state index contributed by atoms with van der Waals surface area (Å²) in [5.74, 6) is 0.283. The predicted octanol–water partition coefficient (Wildman–Crippen LogP) is 0.660. The zero-order chi connectivity index (χ0) is 9.26. The number of hydrogen-bond acceptors (Lipinski definition) is 3. The van der Waals surface area contributed by atoms with Gasteiger partial charge in [-0.05, 0) is 19.1 Å². The molecule has 1 aliphatic carbocycles. The SMILES string of the molecule is CSC1CCCC1N1CNCC1=O. The van der Waals surface area contributed by atoms with Crippen molar-refractivity contribution >= 4 is 17.7 Å². The van der Waals surface area contributed by atoms with E-state index in [0.717, 1.165) is 6.67 Å². The van der Waals surface area contributed by atoms with Crippen molar-refractivity contribution in [3.05, 3.63) is 0 Å². The molecule has 1 N–H and O–H groups in total. The van der Waals surface area contributed by atoms with Crippen molar-refractivity contribution in [2.75, 3.05) is 19.5 Å². The Labute approximate surface area is 83.2 Å². The molecule has 0 radical (unpaired) electrons. The zero-order valence-electron chi connectivity index (χ0n) is 7.95. The van der Waals surface area contributed by atoms with Crippen LogP contribution in [-0.2, 0) is 4.79 Å². The van der Waals surface area contributed by atoms with E-state index in [9.17, 15) is 4.79 Å². The van der Waals surface area contributed by atoms with E-state index in [1.807, 2.05) is 16.7 Å². The van der Waals surface area contributed by atoms with Crippen LogP contribution < -0.4 is 5.32 Å². The number of hydrogen-bond donors (Lipinski definition) is 1. The number of nitrogens with one attached hydrogen (secondary N) is 1. The molecule has 0 spiro atoms. The summed E-state index contributed by atoms with van der Waals surface area (Å²) in [6.07, 6.45) is 5.89. The molecule has 1 heterocycles. The van der Waals surface area contributed by atoms with Crippen molar-refractivity contribution in [2.45, 2.75) is 30.6 Å². The highest BCUT2D eigenvalue weighted by atomic mass is 32.2. The molecule has 2 fully saturated rings. The average molecular weight is 200 g/mol. The van der Waals surface area contributed by atoms with Gasteiger partial charge in [0.25, 0.3) is 0 Å². The lowest BCUT2D eigenvalue weighted by atomic mass is 10.2. The molecule has 2 atom stereocenters. The standard InChI is InChI=1S/C9H16N2OS/c1-13-8-4-2-3-7(8)11-6-10-5-9(11)12/h7-8,10H,2-6H2,1H3. The molecule has 13 heavy (non-hydrogen) atoms. The molecule has 1 saturated heterocycles. The van der Waals surface area contributed by atoms with Crippen molar-refractivity contribution in [3.8, 4) is 0 Å². The fourth-order valence-corrected chi connectivity index (χ4v) is 3.31. The van der Waals surface area contributed by atoms with Gasteiger partial charge in [0.15, 0.2) is 0 Å². The summed E-state index contributed by atoms with van der Waals surface area (Å²) in [6, 6.07) is 0.498. The Balaban J connectivity index is 2.02. The fourth-order valence-electron chi connectivity index (χ4n) is 2.31. The largest absolute Gasteiger partial charge is 0.325 e. The molecule has 0 bridgehead atoms. The van der Waals surface area contributed by atoms with Gasteiger partial charge < -0.3 is 4.90 Å². The van der Waals surface area contributed by atoms with E-state index in [0.29, 0.717) is 17.8 Å². The molecule has 1 saturated carbocycles. The van der Waals surface area contributed by atoms with Gasteiger partial charge >= 0.3 is 0 Å². The predicted molar refractivity (Wildman–Crippen MR) is 54.7 cm³/mol. The minimum Gasteiger partial charge on any atom is -0.325 e. The lowest BCUT2D eigenvalue weighted by Crippen LogP contribution is -2.40. The summed E-state index contributed by atoms with van der Waals surface area (Å²) in [4.78, 5) is 13.5. The van der Waals surface area contributed by atoms with Crippen molar-refractivity contribution in [3.63, 3.8) is 0 Å². The maximum atomic E-state index is 11.5. The van der Waals surface area contributed by atoms with Gasteiger partial charge in [-0.2, -0.15) is 11.8 Å². The van der Waals surface area contributed by atoms with E-state index in [4.69, 9.17) is 0 Å². The summed E-state index contributed by atoms with van der Waals surface area (Å²) in [7, 11) is 0. The van der Waals surface area contributed by atoms with Crippen LogP contribution in [0.3, 0.4) is 0 Å². The van der Waals surface area contributed by atoms with E-state index in [1.165, 1.54) is 19.3 Å². The highest BCUT2D eigenvalue weighted by molar-refractivity contribution is 7.99. The highest BCUT2D eigenvalue weighted by Crippen LogP contribution is 2.32. The third-order valence-electron chi connectivity index (χ3n) is 3.00. The molecule has 1 amide bonds. The van der Waals surface area contributed by atoms with Gasteiger partial charge in [0, 0.05) is 11.3 Å². The molecule has 0 aromatic heterocycles. The molecule has 3 nitrogen and oxygen atoms in total. The van der Waals surface area contributed by atoms with E-state index in [2.05, 4.69) is 11.6 Å². The molecule has 0 aromatic rings. The van der Waals surface area contributed by atoms with Crippen molar-refractivity contribution in [1.29, 1.82) is 0 Å². The van der Waals surface area contributed by atoms with Gasteiger partial charge in [-0.15, -0.1) is 0 Å². The zero-order valence-corrected chi connectivity index (χ0v) is 8.77. The van der Waals surface area contributed by atoms with Crippen LogP contribution in [0.4, 0.5) is 0 Å². The summed E-state index contributed by atoms with van der Waals surface area (Å²) in [5.41, 5.74) is 0. The van der Waals surface area contributed by atoms with Crippen molar-refractivity contribution in [2.24, 2.45) is 0 Å². The third-order valence-corrected chi connectivity index (χ3v) is 4.15. The minimum atomic E-state index is 0.283. The van der Waals surface area contributed by atoms with Gasteiger partial charge in [-0.3, -0.25) is 10.1 Å². The Hall–Kier alpha value is -0.220. The first-order chi connectivity index (χ1) is 6.33. The number of thioether (sulfide) groups is 1. The topological polar surface area (TPSA) is 32.3 Å². The fraction of sp³-hybridized carbons (Fsp3) is 0.889. The maximum absolute atomic E-state index is 11.5. The Morgan fingerprint density at radius 3 is 3.00 bits per heavy atom. The van der Waals surface area contributed by atoms with Gasteiger partial charge in [0.05, 0.1) is 13.2 Å². The van der Waals surface area contributed by atoms with E-state index < -0.39 is 0 Å². The van der Waals surface area contributed by atoms with Crippen LogP contribution in [0, 0.1) is 0 Å². The van der Waals surface area contributed by atoms with Crippen LogP contribution in [-0.4, -0.2) is 41.6 Å². The number of rotatable bonds is 2. The molecular formula is C9H16N2OS. The van der Waals surface area contributed by atoms with Gasteiger partial charge in [0.2, 0.25) is 5.91 Å². The van der Waals surface area contributed by atoms with Crippen LogP contribution >= 0.6 is 11.8 Å². The number of carbonyl (C=O) groups is 1. The second-order valence-corrected chi connectivity index (χ2v) is 4.80. The maximum Gasteiger partial charge on any atom is 0.237 e. The van der Waals surface area contributed by atoms with E-state index >= 15 is 0 Å². The smallest absolute Gasteiger partial charge is 0.237 e. The molecule has 2 rings (SSSR count). The molecule has 1 aliphatic heterocycles. The van der Waals surface area contributed by atoms with Crippen LogP contribution in [0.15, 0.2) is 0 Å². The van der Waals surface area contributed by atoms with E-state index in [1.54, 1.807) is 0 Å². The molecule has 2 aliphatic rings. The molecular weight excluding hydrogens is 184 g/mol. The minimum absolute atomic E-state index is 0.283. The monoisotopic (exact) mass is 200 g/mol. The lowest BCUT2D eigenvalue weighted by Gasteiger charge is -2.27. The lowest BCUT2D eigenvalue weighted by molar-refractivity contribution is -0.128. The first-order valence-corrected chi connectivity index (χ1v) is 6.14. The summed E-state index contributed by atoms with van der Waals surface area (Å²) >= 11 is 1.91. The molecule has 0 aromatic carbocycles. The Morgan fingerprint density at radius 1 is 1.54 bits per heavy atom. The average Bonchev–Trinajstić information content (AvgIpc) is 2.71. The second-order valence-electron chi connectivity index (χ2n) is 3.72. The molecule has 74 valence electrons. The molecule has 2 unspecified atom stereocenters. The van der Waals surface area contributed by atoms with Crippen LogP contribution in [0.1, 0.15) is 19.3 Å². The Bertz CT molecular complexity index is 210. The number of amides is 1. The van der Waals surface area contributed by atoms with Crippen LogP contribution in [0.2, 0.25) is 0 Å². The van der Waals surface area contributed by atoms with Gasteiger partial charge in [-0.1, -0.05) is 6.42 Å². The normalized spacial score (nSPS) is 34.5. The molecule has 4 heteroatoms. The second kappa shape index (κ2) is 3.88. The van der Waals surface area contributed by atoms with E-state index in [-0.39, 0.29) is 5.91 Å². The summed E-state index contributed by atoms with van der Waals surface area (Å²) < 4.78 is 0. The summed E-state index contributed by atoms with van der Waals surface area (Å²) in [6.45, 7) is 1.30. The van der Waals surface area contributed by atoms with Crippen molar-refractivity contribution < 1.29 is 4.79 Å². The van der Waals surface area contributed by atoms with Gasteiger partial charge in [-0.25, -0.2) is 0 Å². The number of nitrogens with zero attached hydrogens (tertiary/aromatic N) is 1. The van der Waals surface area contributed by atoms with Crippen LogP contribution in [0.25, 0.3) is 0 Å². The third kappa shape index (κ3) is 1.70. The van der Waals surface area contributed by atoms with Crippen molar-refractivity contribution in [1.82, 2.24) is 10.2 Å². The van der Waals surface area contributed by atoms with Crippen LogP contribution in [0.5, 0.6) is 0 Å². The Morgan fingerprint density at radius 2 is 2.38 bits per heavy atom. The Kier molecular flexibility index (Phi) is 2.79. The highest BCUT2D eigenvalue weighted by Gasteiger charge is 2.35. The van der Waals surface area contributed by atoms with Gasteiger partial charge in [0.1, 0.15) is 0 Å². The first kappa shape index (κ1) is 9.34.